The molecular formula is C16H21N3. The second-order valence-corrected chi connectivity index (χ2v) is 5.25. The third kappa shape index (κ3) is 2.71. The first-order chi connectivity index (χ1) is 9.36. The molecule has 0 bridgehead atoms. The van der Waals surface area contributed by atoms with Crippen LogP contribution in [0.3, 0.4) is 0 Å². The first-order valence-corrected chi connectivity index (χ1v) is 7.19. The SMILES string of the molecule is CCN1CCCC(Nc2ccnc3ccccc23)C1. The van der Waals surface area contributed by atoms with Gasteiger partial charge in [-0.05, 0) is 38.1 Å². The van der Waals surface area contributed by atoms with Gasteiger partial charge in [-0.3, -0.25) is 4.98 Å². The lowest BCUT2D eigenvalue weighted by Gasteiger charge is -2.33. The Morgan fingerprint density at radius 2 is 2.21 bits per heavy atom. The van der Waals surface area contributed by atoms with Gasteiger partial charge in [0, 0.05) is 29.9 Å². The second-order valence-electron chi connectivity index (χ2n) is 5.25. The predicted octanol–water partition coefficient (Wildman–Crippen LogP) is 3.13. The Hall–Kier alpha value is -1.61. The van der Waals surface area contributed by atoms with Gasteiger partial charge in [-0.1, -0.05) is 25.1 Å². The van der Waals surface area contributed by atoms with Crippen molar-refractivity contribution in [2.24, 2.45) is 0 Å². The summed E-state index contributed by atoms with van der Waals surface area (Å²) in [6, 6.07) is 11.0. The molecule has 2 aromatic rings. The van der Waals surface area contributed by atoms with Crippen molar-refractivity contribution in [3.63, 3.8) is 0 Å². The maximum atomic E-state index is 4.42. The van der Waals surface area contributed by atoms with Crippen LogP contribution in [0.2, 0.25) is 0 Å². The van der Waals surface area contributed by atoms with Crippen LogP contribution in [0.15, 0.2) is 36.5 Å². The van der Waals surface area contributed by atoms with Gasteiger partial charge in [-0.15, -0.1) is 0 Å². The lowest BCUT2D eigenvalue weighted by Crippen LogP contribution is -2.41. The largest absolute Gasteiger partial charge is 0.380 e. The molecule has 0 saturated carbocycles. The summed E-state index contributed by atoms with van der Waals surface area (Å²) in [7, 11) is 0. The summed E-state index contributed by atoms with van der Waals surface area (Å²) in [5, 5.41) is 4.93. The molecule has 1 saturated heterocycles. The number of hydrogen-bond donors (Lipinski definition) is 1. The standard InChI is InChI=1S/C16H21N3/c1-2-19-11-5-6-13(12-19)18-16-9-10-17-15-8-4-3-7-14(15)16/h3-4,7-10,13H,2,5-6,11-12H2,1H3,(H,17,18). The van der Waals surface area contributed by atoms with E-state index in [-0.39, 0.29) is 0 Å². The molecule has 1 aromatic heterocycles. The number of pyridine rings is 1. The van der Waals surface area contributed by atoms with E-state index in [1.807, 2.05) is 12.3 Å². The Labute approximate surface area is 114 Å². The van der Waals surface area contributed by atoms with Crippen molar-refractivity contribution >= 4 is 16.6 Å². The summed E-state index contributed by atoms with van der Waals surface area (Å²) < 4.78 is 0. The van der Waals surface area contributed by atoms with Crippen LogP contribution in [0.4, 0.5) is 5.69 Å². The topological polar surface area (TPSA) is 28.2 Å². The lowest BCUT2D eigenvalue weighted by atomic mass is 10.0. The fraction of sp³-hybridized carbons (Fsp3) is 0.438. The van der Waals surface area contributed by atoms with Crippen molar-refractivity contribution in [3.8, 4) is 0 Å². The molecule has 100 valence electrons. The molecule has 0 spiro atoms. The number of rotatable bonds is 3. The predicted molar refractivity (Wildman–Crippen MR) is 80.5 cm³/mol. The Morgan fingerprint density at radius 1 is 1.32 bits per heavy atom. The quantitative estimate of drug-likeness (QED) is 0.913. The number of benzene rings is 1. The molecular weight excluding hydrogens is 234 g/mol. The number of nitrogens with one attached hydrogen (secondary N) is 1. The molecule has 1 aliphatic rings. The number of piperidine rings is 1. The number of anilines is 1. The molecule has 19 heavy (non-hydrogen) atoms. The number of fused-ring (bicyclic) bond motifs is 1. The average molecular weight is 255 g/mol. The Bertz CT molecular complexity index is 547. The summed E-state index contributed by atoms with van der Waals surface area (Å²) in [5.74, 6) is 0. The maximum Gasteiger partial charge on any atom is 0.0722 e. The van der Waals surface area contributed by atoms with E-state index < -0.39 is 0 Å². The van der Waals surface area contributed by atoms with Crippen molar-refractivity contribution in [2.45, 2.75) is 25.8 Å². The zero-order valence-electron chi connectivity index (χ0n) is 11.5. The molecule has 3 nitrogen and oxygen atoms in total. The number of likely N-dealkylation sites (tertiary alicyclic amines) is 1. The summed E-state index contributed by atoms with van der Waals surface area (Å²) >= 11 is 0. The molecule has 1 fully saturated rings. The van der Waals surface area contributed by atoms with E-state index in [0.29, 0.717) is 6.04 Å². The van der Waals surface area contributed by atoms with Gasteiger partial charge in [-0.25, -0.2) is 0 Å². The average Bonchev–Trinajstić information content (AvgIpc) is 2.48. The van der Waals surface area contributed by atoms with Gasteiger partial charge in [-0.2, -0.15) is 0 Å². The van der Waals surface area contributed by atoms with Crippen LogP contribution >= 0.6 is 0 Å². The molecule has 1 unspecified atom stereocenters. The molecule has 1 atom stereocenters. The Morgan fingerprint density at radius 3 is 3.11 bits per heavy atom. The lowest BCUT2D eigenvalue weighted by molar-refractivity contribution is 0.227. The van der Waals surface area contributed by atoms with Gasteiger partial charge in [0.25, 0.3) is 0 Å². The van der Waals surface area contributed by atoms with Crippen molar-refractivity contribution in [1.82, 2.24) is 9.88 Å². The molecule has 3 heteroatoms. The highest BCUT2D eigenvalue weighted by Crippen LogP contribution is 2.23. The van der Waals surface area contributed by atoms with Crippen LogP contribution in [0.25, 0.3) is 10.9 Å². The number of nitrogens with zero attached hydrogens (tertiary/aromatic N) is 2. The van der Waals surface area contributed by atoms with E-state index >= 15 is 0 Å². The van der Waals surface area contributed by atoms with Gasteiger partial charge in [0.05, 0.1) is 5.52 Å². The summed E-state index contributed by atoms with van der Waals surface area (Å²) in [6.45, 7) is 5.78. The second kappa shape index (κ2) is 5.57. The van der Waals surface area contributed by atoms with Gasteiger partial charge in [0.2, 0.25) is 0 Å². The number of aromatic nitrogens is 1. The zero-order valence-corrected chi connectivity index (χ0v) is 11.5. The Kier molecular flexibility index (Phi) is 3.65. The van der Waals surface area contributed by atoms with E-state index in [0.717, 1.165) is 18.6 Å². The number of para-hydroxylation sites is 1. The maximum absolute atomic E-state index is 4.42. The van der Waals surface area contributed by atoms with Gasteiger partial charge >= 0.3 is 0 Å². The third-order valence-corrected chi connectivity index (χ3v) is 3.96. The monoisotopic (exact) mass is 255 g/mol. The number of hydrogen-bond acceptors (Lipinski definition) is 3. The third-order valence-electron chi connectivity index (χ3n) is 3.96. The van der Waals surface area contributed by atoms with Crippen LogP contribution in [0.5, 0.6) is 0 Å². The summed E-state index contributed by atoms with van der Waals surface area (Å²) in [4.78, 5) is 6.93. The van der Waals surface area contributed by atoms with Gasteiger partial charge < -0.3 is 10.2 Å². The van der Waals surface area contributed by atoms with Crippen molar-refractivity contribution in [1.29, 1.82) is 0 Å². The first kappa shape index (κ1) is 12.4. The fourth-order valence-corrected chi connectivity index (χ4v) is 2.90. The Balaban J connectivity index is 1.81. The van der Waals surface area contributed by atoms with Gasteiger partial charge in [0.15, 0.2) is 0 Å². The summed E-state index contributed by atoms with van der Waals surface area (Å²) in [5.41, 5.74) is 2.28. The van der Waals surface area contributed by atoms with E-state index in [2.05, 4.69) is 46.4 Å². The van der Waals surface area contributed by atoms with Crippen LogP contribution in [-0.2, 0) is 0 Å². The molecule has 1 aliphatic heterocycles. The first-order valence-electron chi connectivity index (χ1n) is 7.19. The highest BCUT2D eigenvalue weighted by atomic mass is 15.2. The van der Waals surface area contributed by atoms with Crippen LogP contribution < -0.4 is 5.32 Å². The van der Waals surface area contributed by atoms with E-state index in [1.54, 1.807) is 0 Å². The van der Waals surface area contributed by atoms with Crippen molar-refractivity contribution < 1.29 is 0 Å². The smallest absolute Gasteiger partial charge is 0.0722 e. The molecule has 3 rings (SSSR count). The minimum absolute atomic E-state index is 0.555. The van der Waals surface area contributed by atoms with E-state index in [4.69, 9.17) is 0 Å². The number of likely N-dealkylation sites (N-methyl/N-ethyl adjacent to an activating group) is 1. The van der Waals surface area contributed by atoms with Crippen molar-refractivity contribution in [2.75, 3.05) is 25.0 Å². The minimum Gasteiger partial charge on any atom is -0.380 e. The normalized spacial score (nSPS) is 20.6. The molecule has 0 radical (unpaired) electrons. The van der Waals surface area contributed by atoms with Crippen LogP contribution in [-0.4, -0.2) is 35.6 Å². The fourth-order valence-electron chi connectivity index (χ4n) is 2.90. The molecule has 1 N–H and O–H groups in total. The zero-order chi connectivity index (χ0) is 13.1. The minimum atomic E-state index is 0.555. The van der Waals surface area contributed by atoms with Gasteiger partial charge in [0.1, 0.15) is 0 Å². The van der Waals surface area contributed by atoms with E-state index in [1.165, 1.54) is 30.5 Å². The molecule has 1 aromatic carbocycles. The molecule has 0 aliphatic carbocycles. The van der Waals surface area contributed by atoms with Crippen molar-refractivity contribution in [3.05, 3.63) is 36.5 Å². The highest BCUT2D eigenvalue weighted by Gasteiger charge is 2.18. The molecule has 0 amide bonds. The van der Waals surface area contributed by atoms with E-state index in [9.17, 15) is 0 Å². The highest BCUT2D eigenvalue weighted by molar-refractivity contribution is 5.90. The van der Waals surface area contributed by atoms with Crippen LogP contribution in [0, 0.1) is 0 Å². The summed E-state index contributed by atoms with van der Waals surface area (Å²) in [6.07, 6.45) is 4.44. The molecule has 2 heterocycles. The van der Waals surface area contributed by atoms with Crippen LogP contribution in [0.1, 0.15) is 19.8 Å².